The molecule has 3 heterocycles. The van der Waals surface area contributed by atoms with Crippen LogP contribution in [0.4, 0.5) is 11.6 Å². The smallest absolute Gasteiger partial charge is 0.174 e. The summed E-state index contributed by atoms with van der Waals surface area (Å²) in [7, 11) is 0. The average Bonchev–Trinajstić information content (AvgIpc) is 2.64. The van der Waals surface area contributed by atoms with Gasteiger partial charge in [0.2, 0.25) is 0 Å². The molecule has 0 aromatic carbocycles. The maximum absolute atomic E-state index is 5.77. The molecule has 6 nitrogen and oxygen atoms in total. The molecule has 0 saturated carbocycles. The first-order valence-electron chi connectivity index (χ1n) is 8.61. The molecule has 3 rings (SSSR count). The minimum atomic E-state index is 0.540. The SMILES string of the molecule is CCOc1cncc(-c2cnc(Nc3cccc(C)n3)c(OCC)c2)c1. The summed E-state index contributed by atoms with van der Waals surface area (Å²) >= 11 is 0. The number of nitrogens with one attached hydrogen (secondary N) is 1. The van der Waals surface area contributed by atoms with Gasteiger partial charge in [0, 0.05) is 29.2 Å². The lowest BCUT2D eigenvalue weighted by Crippen LogP contribution is -2.02. The molecule has 0 saturated heterocycles. The summed E-state index contributed by atoms with van der Waals surface area (Å²) < 4.78 is 11.3. The maximum Gasteiger partial charge on any atom is 0.174 e. The third-order valence-corrected chi connectivity index (χ3v) is 3.64. The monoisotopic (exact) mass is 350 g/mol. The molecule has 0 amide bonds. The predicted molar refractivity (Wildman–Crippen MR) is 102 cm³/mol. The molecule has 0 spiro atoms. The van der Waals surface area contributed by atoms with Crippen molar-refractivity contribution in [2.75, 3.05) is 18.5 Å². The maximum atomic E-state index is 5.77. The van der Waals surface area contributed by atoms with Crippen LogP contribution in [-0.2, 0) is 0 Å². The summed E-state index contributed by atoms with van der Waals surface area (Å²) in [4.78, 5) is 13.2. The van der Waals surface area contributed by atoms with E-state index >= 15 is 0 Å². The van der Waals surface area contributed by atoms with Gasteiger partial charge < -0.3 is 14.8 Å². The van der Waals surface area contributed by atoms with Gasteiger partial charge in [-0.2, -0.15) is 0 Å². The Bertz CT molecular complexity index is 883. The van der Waals surface area contributed by atoms with Crippen molar-refractivity contribution >= 4 is 11.6 Å². The molecule has 0 aliphatic rings. The predicted octanol–water partition coefficient (Wildman–Crippen LogP) is 4.39. The minimum absolute atomic E-state index is 0.540. The molecule has 0 aliphatic carbocycles. The molecule has 3 aromatic heterocycles. The summed E-state index contributed by atoms with van der Waals surface area (Å²) in [5.41, 5.74) is 2.76. The zero-order chi connectivity index (χ0) is 18.4. The fourth-order valence-corrected chi connectivity index (χ4v) is 2.52. The van der Waals surface area contributed by atoms with E-state index in [1.165, 1.54) is 0 Å². The Kier molecular flexibility index (Phi) is 5.63. The molecular weight excluding hydrogens is 328 g/mol. The molecule has 0 radical (unpaired) electrons. The number of aryl methyl sites for hydroxylation is 1. The van der Waals surface area contributed by atoms with Crippen LogP contribution in [0.1, 0.15) is 19.5 Å². The molecule has 0 unspecified atom stereocenters. The quantitative estimate of drug-likeness (QED) is 0.681. The molecule has 3 aromatic rings. The minimum Gasteiger partial charge on any atom is -0.492 e. The van der Waals surface area contributed by atoms with E-state index in [2.05, 4.69) is 20.3 Å². The van der Waals surface area contributed by atoms with Crippen molar-refractivity contribution in [3.8, 4) is 22.6 Å². The van der Waals surface area contributed by atoms with Crippen molar-refractivity contribution in [1.82, 2.24) is 15.0 Å². The zero-order valence-corrected chi connectivity index (χ0v) is 15.2. The van der Waals surface area contributed by atoms with E-state index in [-0.39, 0.29) is 0 Å². The van der Waals surface area contributed by atoms with Crippen LogP contribution in [-0.4, -0.2) is 28.2 Å². The lowest BCUT2D eigenvalue weighted by Gasteiger charge is -2.13. The van der Waals surface area contributed by atoms with Crippen LogP contribution in [0.3, 0.4) is 0 Å². The van der Waals surface area contributed by atoms with E-state index in [1.54, 1.807) is 18.6 Å². The van der Waals surface area contributed by atoms with Gasteiger partial charge in [-0.1, -0.05) is 6.07 Å². The number of aromatic nitrogens is 3. The fraction of sp³-hybridized carbons (Fsp3) is 0.250. The third kappa shape index (κ3) is 4.27. The molecular formula is C20H22N4O2. The van der Waals surface area contributed by atoms with Crippen LogP contribution in [0.5, 0.6) is 11.5 Å². The van der Waals surface area contributed by atoms with Crippen molar-refractivity contribution in [2.45, 2.75) is 20.8 Å². The number of hydrogen-bond donors (Lipinski definition) is 1. The second-order valence-electron chi connectivity index (χ2n) is 5.64. The van der Waals surface area contributed by atoms with Crippen molar-refractivity contribution in [2.24, 2.45) is 0 Å². The molecule has 0 aliphatic heterocycles. The van der Waals surface area contributed by atoms with Crippen LogP contribution >= 0.6 is 0 Å². The Labute approximate surface area is 153 Å². The van der Waals surface area contributed by atoms with Crippen molar-refractivity contribution in [1.29, 1.82) is 0 Å². The number of ether oxygens (including phenoxy) is 2. The molecule has 26 heavy (non-hydrogen) atoms. The number of hydrogen-bond acceptors (Lipinski definition) is 6. The van der Waals surface area contributed by atoms with Gasteiger partial charge in [0.05, 0.1) is 19.4 Å². The third-order valence-electron chi connectivity index (χ3n) is 3.64. The fourth-order valence-electron chi connectivity index (χ4n) is 2.52. The number of nitrogens with zero attached hydrogens (tertiary/aromatic N) is 3. The molecule has 6 heteroatoms. The van der Waals surface area contributed by atoms with Crippen LogP contribution in [0.25, 0.3) is 11.1 Å². The van der Waals surface area contributed by atoms with Gasteiger partial charge in [-0.05, 0) is 45.0 Å². The highest BCUT2D eigenvalue weighted by molar-refractivity contribution is 5.70. The first-order valence-corrected chi connectivity index (χ1v) is 8.61. The molecule has 134 valence electrons. The summed E-state index contributed by atoms with van der Waals surface area (Å²) in [6.45, 7) is 6.97. The van der Waals surface area contributed by atoms with Gasteiger partial charge in [-0.3, -0.25) is 4.98 Å². The normalized spacial score (nSPS) is 10.4. The Morgan fingerprint density at radius 3 is 2.54 bits per heavy atom. The van der Waals surface area contributed by atoms with E-state index in [0.717, 1.165) is 28.4 Å². The second-order valence-corrected chi connectivity index (χ2v) is 5.64. The van der Waals surface area contributed by atoms with Gasteiger partial charge in [0.25, 0.3) is 0 Å². The van der Waals surface area contributed by atoms with Gasteiger partial charge in [-0.15, -0.1) is 0 Å². The highest BCUT2D eigenvalue weighted by Crippen LogP contribution is 2.31. The van der Waals surface area contributed by atoms with E-state index in [9.17, 15) is 0 Å². The summed E-state index contributed by atoms with van der Waals surface area (Å²) in [5.74, 6) is 2.75. The number of anilines is 2. The summed E-state index contributed by atoms with van der Waals surface area (Å²) in [6, 6.07) is 9.68. The largest absolute Gasteiger partial charge is 0.492 e. The first kappa shape index (κ1) is 17.7. The lowest BCUT2D eigenvalue weighted by molar-refractivity contribution is 0.339. The highest BCUT2D eigenvalue weighted by atomic mass is 16.5. The Morgan fingerprint density at radius 2 is 1.77 bits per heavy atom. The van der Waals surface area contributed by atoms with Crippen LogP contribution in [0.15, 0.2) is 48.9 Å². The lowest BCUT2D eigenvalue weighted by atomic mass is 10.1. The van der Waals surface area contributed by atoms with Crippen molar-refractivity contribution in [3.05, 3.63) is 54.6 Å². The van der Waals surface area contributed by atoms with Gasteiger partial charge in [0.15, 0.2) is 11.6 Å². The topological polar surface area (TPSA) is 69.2 Å². The molecule has 0 bridgehead atoms. The molecule has 0 fully saturated rings. The Morgan fingerprint density at radius 1 is 0.962 bits per heavy atom. The summed E-state index contributed by atoms with van der Waals surface area (Å²) in [5, 5.41) is 3.22. The number of rotatable bonds is 7. The standard InChI is InChI=1S/C20H22N4O2/c1-4-25-17-9-15(11-21-13-17)16-10-18(26-5-2)20(22-12-16)24-19-8-6-7-14(3)23-19/h6-13H,4-5H2,1-3H3,(H,22,23,24). The zero-order valence-electron chi connectivity index (χ0n) is 15.2. The van der Waals surface area contributed by atoms with Crippen molar-refractivity contribution in [3.63, 3.8) is 0 Å². The summed E-state index contributed by atoms with van der Waals surface area (Å²) in [6.07, 6.45) is 5.26. The Hall–Kier alpha value is -3.15. The van der Waals surface area contributed by atoms with Gasteiger partial charge >= 0.3 is 0 Å². The van der Waals surface area contributed by atoms with E-state index < -0.39 is 0 Å². The van der Waals surface area contributed by atoms with E-state index in [1.807, 2.05) is 51.1 Å². The van der Waals surface area contributed by atoms with Gasteiger partial charge in [0.1, 0.15) is 11.6 Å². The van der Waals surface area contributed by atoms with E-state index in [4.69, 9.17) is 9.47 Å². The molecule has 1 N–H and O–H groups in total. The number of pyridine rings is 3. The Balaban J connectivity index is 1.92. The highest BCUT2D eigenvalue weighted by Gasteiger charge is 2.10. The average molecular weight is 350 g/mol. The first-order chi connectivity index (χ1) is 12.7. The van der Waals surface area contributed by atoms with Crippen LogP contribution in [0.2, 0.25) is 0 Å². The van der Waals surface area contributed by atoms with Crippen LogP contribution in [0, 0.1) is 6.92 Å². The molecule has 0 atom stereocenters. The van der Waals surface area contributed by atoms with Crippen LogP contribution < -0.4 is 14.8 Å². The van der Waals surface area contributed by atoms with Gasteiger partial charge in [-0.25, -0.2) is 9.97 Å². The second kappa shape index (κ2) is 8.29. The van der Waals surface area contributed by atoms with E-state index in [0.29, 0.717) is 24.8 Å². The van der Waals surface area contributed by atoms with Crippen molar-refractivity contribution < 1.29 is 9.47 Å².